The maximum Gasteiger partial charge on any atom is 0.196 e. The minimum atomic E-state index is -0.211. The number of methoxy groups -OCH3 is 1. The molecule has 4 nitrogen and oxygen atoms in total. The molecule has 1 heterocycles. The molecule has 0 fully saturated rings. The highest BCUT2D eigenvalue weighted by molar-refractivity contribution is 5.98. The van der Waals surface area contributed by atoms with Crippen molar-refractivity contribution in [1.29, 1.82) is 0 Å². The summed E-state index contributed by atoms with van der Waals surface area (Å²) in [6.07, 6.45) is 0.856. The van der Waals surface area contributed by atoms with E-state index in [2.05, 4.69) is 61.9 Å². The molecule has 110 valence electrons. The fraction of sp³-hybridized carbons (Fsp3) is 0.562. The number of hydrogen-bond acceptors (Lipinski definition) is 4. The lowest BCUT2D eigenvalue weighted by Gasteiger charge is -2.41. The Morgan fingerprint density at radius 1 is 1.45 bits per heavy atom. The van der Waals surface area contributed by atoms with Gasteiger partial charge in [0.15, 0.2) is 5.96 Å². The molecule has 2 N–H and O–H groups in total. The lowest BCUT2D eigenvalue weighted by molar-refractivity contribution is 0.00152. The number of guanidine groups is 1. The molecule has 4 heteroatoms. The minimum Gasteiger partial charge on any atom is -0.379 e. The van der Waals surface area contributed by atoms with E-state index in [1.807, 2.05) is 0 Å². The number of anilines is 1. The van der Waals surface area contributed by atoms with Crippen LogP contribution in [0.5, 0.6) is 0 Å². The van der Waals surface area contributed by atoms with E-state index in [4.69, 9.17) is 10.5 Å². The van der Waals surface area contributed by atoms with Gasteiger partial charge in [-0.15, -0.1) is 0 Å². The fourth-order valence-electron chi connectivity index (χ4n) is 3.00. The van der Waals surface area contributed by atoms with Crippen LogP contribution in [0.1, 0.15) is 32.8 Å². The number of hydrogen-bond donors (Lipinski definition) is 1. The lowest BCUT2D eigenvalue weighted by atomic mass is 9.86. The van der Waals surface area contributed by atoms with Crippen LogP contribution in [-0.2, 0) is 4.74 Å². The fourth-order valence-corrected chi connectivity index (χ4v) is 3.00. The quantitative estimate of drug-likeness (QED) is 0.919. The van der Waals surface area contributed by atoms with Gasteiger partial charge in [0.05, 0.1) is 17.7 Å². The van der Waals surface area contributed by atoms with Crippen LogP contribution in [0.15, 0.2) is 29.3 Å². The standard InChI is InChI=1S/C16H25N3O/c1-12-7-6-8-13(9-12)19-14(17)18-11-16(19,4)10-15(2,3)20-5/h6-9H,10-11H2,1-5H3,(H2,17,18). The van der Waals surface area contributed by atoms with Gasteiger partial charge in [-0.1, -0.05) is 12.1 Å². The number of nitrogens with two attached hydrogens (primary N) is 1. The molecule has 1 aliphatic heterocycles. The van der Waals surface area contributed by atoms with E-state index in [1.165, 1.54) is 5.56 Å². The third kappa shape index (κ3) is 2.80. The van der Waals surface area contributed by atoms with Crippen molar-refractivity contribution in [2.24, 2.45) is 10.7 Å². The number of nitrogens with zero attached hydrogens (tertiary/aromatic N) is 2. The van der Waals surface area contributed by atoms with Gasteiger partial charge < -0.3 is 15.4 Å². The summed E-state index contributed by atoms with van der Waals surface area (Å²) in [7, 11) is 1.75. The van der Waals surface area contributed by atoms with E-state index in [9.17, 15) is 0 Å². The zero-order valence-electron chi connectivity index (χ0n) is 13.1. The second-order valence-electron chi connectivity index (χ2n) is 6.49. The van der Waals surface area contributed by atoms with Crippen molar-refractivity contribution in [3.8, 4) is 0 Å². The molecule has 0 bridgehead atoms. The van der Waals surface area contributed by atoms with Crippen LogP contribution in [0.2, 0.25) is 0 Å². The number of aliphatic imine (C=N–C) groups is 1. The van der Waals surface area contributed by atoms with Gasteiger partial charge in [-0.05, 0) is 45.4 Å². The summed E-state index contributed by atoms with van der Waals surface area (Å²) < 4.78 is 5.59. The minimum absolute atomic E-state index is 0.155. The molecule has 20 heavy (non-hydrogen) atoms. The zero-order chi connectivity index (χ0) is 15.0. The summed E-state index contributed by atoms with van der Waals surface area (Å²) in [6, 6.07) is 8.37. The monoisotopic (exact) mass is 275 g/mol. The highest BCUT2D eigenvalue weighted by Crippen LogP contribution is 2.35. The molecular formula is C16H25N3O. The van der Waals surface area contributed by atoms with Crippen LogP contribution >= 0.6 is 0 Å². The van der Waals surface area contributed by atoms with Gasteiger partial charge in [0.2, 0.25) is 0 Å². The summed E-state index contributed by atoms with van der Waals surface area (Å²) in [5, 5.41) is 0. The largest absolute Gasteiger partial charge is 0.379 e. The molecular weight excluding hydrogens is 250 g/mol. The first-order valence-corrected chi connectivity index (χ1v) is 6.99. The summed E-state index contributed by atoms with van der Waals surface area (Å²) in [6.45, 7) is 9.17. The van der Waals surface area contributed by atoms with Gasteiger partial charge >= 0.3 is 0 Å². The predicted molar refractivity (Wildman–Crippen MR) is 84.3 cm³/mol. The van der Waals surface area contributed by atoms with Crippen LogP contribution in [0, 0.1) is 6.92 Å². The lowest BCUT2D eigenvalue weighted by Crippen LogP contribution is -2.53. The third-order valence-electron chi connectivity index (χ3n) is 3.97. The topological polar surface area (TPSA) is 50.9 Å². The molecule has 0 aromatic heterocycles. The average molecular weight is 275 g/mol. The molecule has 0 saturated carbocycles. The second-order valence-corrected chi connectivity index (χ2v) is 6.49. The maximum absolute atomic E-state index is 6.13. The second kappa shape index (κ2) is 5.09. The van der Waals surface area contributed by atoms with Gasteiger partial charge in [-0.25, -0.2) is 0 Å². The van der Waals surface area contributed by atoms with Gasteiger partial charge in [0.25, 0.3) is 0 Å². The average Bonchev–Trinajstić information content (AvgIpc) is 2.64. The number of ether oxygens (including phenoxy) is 1. The highest BCUT2D eigenvalue weighted by Gasteiger charge is 2.43. The van der Waals surface area contributed by atoms with Crippen LogP contribution in [-0.4, -0.2) is 30.8 Å². The van der Waals surface area contributed by atoms with E-state index in [1.54, 1.807) is 7.11 Å². The smallest absolute Gasteiger partial charge is 0.196 e. The number of aryl methyl sites for hydroxylation is 1. The number of benzene rings is 1. The van der Waals surface area contributed by atoms with E-state index in [0.717, 1.165) is 12.1 Å². The summed E-state index contributed by atoms with van der Waals surface area (Å²) in [5.74, 6) is 0.588. The van der Waals surface area contributed by atoms with Crippen LogP contribution < -0.4 is 10.6 Å². The Balaban J connectivity index is 2.35. The zero-order valence-corrected chi connectivity index (χ0v) is 13.1. The molecule has 1 aromatic rings. The Hall–Kier alpha value is -1.55. The molecule has 0 spiro atoms. The maximum atomic E-state index is 6.13. The molecule has 1 unspecified atom stereocenters. The molecule has 1 aliphatic rings. The molecule has 0 aliphatic carbocycles. The van der Waals surface area contributed by atoms with Gasteiger partial charge in [-0.2, -0.15) is 0 Å². The van der Waals surface area contributed by atoms with E-state index in [-0.39, 0.29) is 11.1 Å². The molecule has 1 atom stereocenters. The van der Waals surface area contributed by atoms with Crippen LogP contribution in [0.3, 0.4) is 0 Å². The van der Waals surface area contributed by atoms with Crippen molar-refractivity contribution in [2.45, 2.75) is 45.3 Å². The first-order chi connectivity index (χ1) is 9.27. The van der Waals surface area contributed by atoms with E-state index in [0.29, 0.717) is 12.5 Å². The van der Waals surface area contributed by atoms with Crippen molar-refractivity contribution < 1.29 is 4.74 Å². The van der Waals surface area contributed by atoms with Crippen LogP contribution in [0.4, 0.5) is 5.69 Å². The van der Waals surface area contributed by atoms with Crippen molar-refractivity contribution in [3.63, 3.8) is 0 Å². The summed E-state index contributed by atoms with van der Waals surface area (Å²) in [4.78, 5) is 6.60. The molecule has 1 aromatic carbocycles. The Kier molecular flexibility index (Phi) is 3.78. The Morgan fingerprint density at radius 2 is 2.15 bits per heavy atom. The van der Waals surface area contributed by atoms with E-state index >= 15 is 0 Å². The third-order valence-corrected chi connectivity index (χ3v) is 3.97. The van der Waals surface area contributed by atoms with Crippen molar-refractivity contribution in [2.75, 3.05) is 18.6 Å². The SMILES string of the molecule is COC(C)(C)CC1(C)CN=C(N)N1c1cccc(C)c1. The van der Waals surface area contributed by atoms with E-state index < -0.39 is 0 Å². The first-order valence-electron chi connectivity index (χ1n) is 6.99. The normalized spacial score (nSPS) is 23.1. The van der Waals surface area contributed by atoms with Crippen molar-refractivity contribution in [3.05, 3.63) is 29.8 Å². The predicted octanol–water partition coefficient (Wildman–Crippen LogP) is 2.70. The Labute approximate surface area is 121 Å². The summed E-state index contributed by atoms with van der Waals surface area (Å²) >= 11 is 0. The molecule has 0 radical (unpaired) electrons. The van der Waals surface area contributed by atoms with Crippen molar-refractivity contribution >= 4 is 11.6 Å². The molecule has 0 saturated heterocycles. The molecule has 2 rings (SSSR count). The van der Waals surface area contributed by atoms with Crippen LogP contribution in [0.25, 0.3) is 0 Å². The van der Waals surface area contributed by atoms with Gasteiger partial charge in [-0.3, -0.25) is 4.99 Å². The van der Waals surface area contributed by atoms with Gasteiger partial charge in [0, 0.05) is 19.2 Å². The Morgan fingerprint density at radius 3 is 2.75 bits per heavy atom. The van der Waals surface area contributed by atoms with Gasteiger partial charge in [0.1, 0.15) is 0 Å². The van der Waals surface area contributed by atoms with Crippen molar-refractivity contribution in [1.82, 2.24) is 0 Å². The molecule has 0 amide bonds. The summed E-state index contributed by atoms with van der Waals surface area (Å²) in [5.41, 5.74) is 8.08. The number of rotatable bonds is 4. The highest BCUT2D eigenvalue weighted by atomic mass is 16.5. The first kappa shape index (κ1) is 14.9. The Bertz CT molecular complexity index is 524.